The molecule has 0 saturated heterocycles. The molecule has 3 aromatic rings. The second-order valence-electron chi connectivity index (χ2n) is 5.56. The van der Waals surface area contributed by atoms with Crippen LogP contribution in [0.2, 0.25) is 0 Å². The summed E-state index contributed by atoms with van der Waals surface area (Å²) in [5, 5.41) is 21.1. The highest BCUT2D eigenvalue weighted by Crippen LogP contribution is 2.45. The Hall–Kier alpha value is -2.57. The van der Waals surface area contributed by atoms with Crippen LogP contribution in [0.1, 0.15) is 33.4 Å². The van der Waals surface area contributed by atoms with E-state index in [0.29, 0.717) is 21.8 Å². The maximum atomic E-state index is 13.0. The van der Waals surface area contributed by atoms with Crippen LogP contribution in [0.3, 0.4) is 0 Å². The minimum Gasteiger partial charge on any atom is -0.363 e. The number of aliphatic hydroxyl groups is 1. The summed E-state index contributed by atoms with van der Waals surface area (Å²) in [5.41, 5.74) is 0.0857. The van der Waals surface area contributed by atoms with E-state index in [1.807, 2.05) is 43.3 Å². The Kier molecular flexibility index (Phi) is 3.44. The first-order valence-corrected chi connectivity index (χ1v) is 8.52. The fourth-order valence-electron chi connectivity index (χ4n) is 3.02. The van der Waals surface area contributed by atoms with Crippen molar-refractivity contribution in [2.45, 2.75) is 19.1 Å². The average Bonchev–Trinajstić information content (AvgIpc) is 3.18. The van der Waals surface area contributed by atoms with Gasteiger partial charge in [-0.3, -0.25) is 4.79 Å². The molecular formula is C18H15N3O2S. The number of amides is 1. The van der Waals surface area contributed by atoms with Crippen LogP contribution >= 0.6 is 11.3 Å². The number of hydrogen-bond donors (Lipinski definition) is 1. The van der Waals surface area contributed by atoms with Crippen molar-refractivity contribution in [2.75, 3.05) is 4.90 Å². The zero-order valence-electron chi connectivity index (χ0n) is 13.0. The first-order valence-electron chi connectivity index (χ1n) is 7.70. The molecule has 0 fully saturated rings. The minimum absolute atomic E-state index is 0.268. The molecule has 4 rings (SSSR count). The maximum absolute atomic E-state index is 13.0. The van der Waals surface area contributed by atoms with Crippen LogP contribution in [-0.4, -0.2) is 21.2 Å². The third-order valence-corrected chi connectivity index (χ3v) is 5.24. The fraction of sp³-hybridized carbons (Fsp3) is 0.167. The summed E-state index contributed by atoms with van der Waals surface area (Å²) in [6.07, 6.45) is 0.733. The molecule has 0 spiro atoms. The van der Waals surface area contributed by atoms with Crippen molar-refractivity contribution >= 4 is 22.4 Å². The van der Waals surface area contributed by atoms with Crippen molar-refractivity contribution in [2.24, 2.45) is 0 Å². The van der Waals surface area contributed by atoms with Crippen LogP contribution in [0.15, 0.2) is 54.6 Å². The first kappa shape index (κ1) is 15.0. The van der Waals surface area contributed by atoms with E-state index < -0.39 is 5.72 Å². The summed E-state index contributed by atoms with van der Waals surface area (Å²) in [6.45, 7) is 1.98. The molecule has 6 heteroatoms. The molecule has 24 heavy (non-hydrogen) atoms. The molecule has 1 amide bonds. The highest BCUT2D eigenvalue weighted by Gasteiger charge is 2.51. The largest absolute Gasteiger partial charge is 0.363 e. The van der Waals surface area contributed by atoms with E-state index in [1.54, 1.807) is 18.2 Å². The molecule has 0 bridgehead atoms. The number of aromatic nitrogens is 2. The first-order chi connectivity index (χ1) is 11.7. The van der Waals surface area contributed by atoms with Gasteiger partial charge in [-0.05, 0) is 12.5 Å². The second kappa shape index (κ2) is 5.51. The molecule has 0 aliphatic carbocycles. The van der Waals surface area contributed by atoms with Crippen molar-refractivity contribution in [3.63, 3.8) is 0 Å². The van der Waals surface area contributed by atoms with Gasteiger partial charge in [-0.25, -0.2) is 4.90 Å². The lowest BCUT2D eigenvalue weighted by Gasteiger charge is -2.32. The van der Waals surface area contributed by atoms with E-state index in [-0.39, 0.29) is 5.91 Å². The van der Waals surface area contributed by atoms with Crippen LogP contribution in [0, 0.1) is 0 Å². The van der Waals surface area contributed by atoms with E-state index in [9.17, 15) is 9.90 Å². The Bertz CT molecular complexity index is 909. The summed E-state index contributed by atoms with van der Waals surface area (Å²) < 4.78 is 0. The molecular weight excluding hydrogens is 322 g/mol. The van der Waals surface area contributed by atoms with Gasteiger partial charge in [0.1, 0.15) is 5.01 Å². The van der Waals surface area contributed by atoms with Gasteiger partial charge >= 0.3 is 0 Å². The lowest BCUT2D eigenvalue weighted by molar-refractivity contribution is 0.0702. The van der Waals surface area contributed by atoms with Crippen molar-refractivity contribution in [1.29, 1.82) is 0 Å². The highest BCUT2D eigenvalue weighted by molar-refractivity contribution is 7.15. The number of carbonyl (C=O) groups excluding carboxylic acids is 1. The number of carbonyl (C=O) groups is 1. The molecule has 1 N–H and O–H groups in total. The van der Waals surface area contributed by atoms with Gasteiger partial charge in [0.25, 0.3) is 5.91 Å². The number of aryl methyl sites for hydroxylation is 1. The van der Waals surface area contributed by atoms with Gasteiger partial charge in [0.05, 0.1) is 0 Å². The number of anilines is 1. The molecule has 2 heterocycles. The van der Waals surface area contributed by atoms with Crippen LogP contribution in [0.5, 0.6) is 0 Å². The Balaban J connectivity index is 1.96. The zero-order valence-corrected chi connectivity index (χ0v) is 13.8. The lowest BCUT2D eigenvalue weighted by Crippen LogP contribution is -2.45. The molecule has 1 aliphatic rings. The molecule has 2 aromatic carbocycles. The molecule has 0 saturated carbocycles. The quantitative estimate of drug-likeness (QED) is 0.798. The molecule has 1 atom stereocenters. The van der Waals surface area contributed by atoms with Gasteiger partial charge in [-0.2, -0.15) is 0 Å². The Morgan fingerprint density at radius 3 is 2.50 bits per heavy atom. The zero-order chi connectivity index (χ0) is 16.7. The number of hydrogen-bond acceptors (Lipinski definition) is 5. The van der Waals surface area contributed by atoms with E-state index in [2.05, 4.69) is 10.2 Å². The van der Waals surface area contributed by atoms with E-state index in [4.69, 9.17) is 0 Å². The van der Waals surface area contributed by atoms with Gasteiger partial charge in [0, 0.05) is 16.7 Å². The SMILES string of the molecule is CCc1nnc(N2C(=O)c3ccccc3[C@]2(O)c2ccccc2)s1. The number of fused-ring (bicyclic) bond motifs is 1. The second-order valence-corrected chi connectivity index (χ2v) is 6.60. The van der Waals surface area contributed by atoms with Gasteiger partial charge in [-0.15, -0.1) is 10.2 Å². The fourth-order valence-corrected chi connectivity index (χ4v) is 3.84. The summed E-state index contributed by atoms with van der Waals surface area (Å²) in [5.74, 6) is -0.268. The number of benzene rings is 2. The molecule has 1 aliphatic heterocycles. The highest BCUT2D eigenvalue weighted by atomic mass is 32.1. The van der Waals surface area contributed by atoms with Gasteiger partial charge in [0.2, 0.25) is 10.9 Å². The normalized spacial score (nSPS) is 19.6. The standard InChI is InChI=1S/C18H15N3O2S/c1-2-15-19-20-17(24-15)21-16(22)13-10-6-7-11-14(13)18(21,23)12-8-4-3-5-9-12/h3-11,23H,2H2,1H3/t18-/m1/s1. The minimum atomic E-state index is -1.58. The van der Waals surface area contributed by atoms with E-state index in [0.717, 1.165) is 11.4 Å². The smallest absolute Gasteiger partial charge is 0.263 e. The van der Waals surface area contributed by atoms with Crippen molar-refractivity contribution in [1.82, 2.24) is 10.2 Å². The Morgan fingerprint density at radius 1 is 1.08 bits per heavy atom. The van der Waals surface area contributed by atoms with Gasteiger partial charge in [-0.1, -0.05) is 66.8 Å². The van der Waals surface area contributed by atoms with Crippen molar-refractivity contribution in [3.8, 4) is 0 Å². The third-order valence-electron chi connectivity index (χ3n) is 4.19. The molecule has 120 valence electrons. The molecule has 0 radical (unpaired) electrons. The van der Waals surface area contributed by atoms with E-state index in [1.165, 1.54) is 16.2 Å². The van der Waals surface area contributed by atoms with Crippen molar-refractivity contribution < 1.29 is 9.90 Å². The van der Waals surface area contributed by atoms with Crippen LogP contribution < -0.4 is 4.90 Å². The maximum Gasteiger partial charge on any atom is 0.263 e. The molecule has 5 nitrogen and oxygen atoms in total. The van der Waals surface area contributed by atoms with Crippen LogP contribution in [0.25, 0.3) is 0 Å². The number of rotatable bonds is 3. The van der Waals surface area contributed by atoms with Crippen LogP contribution in [-0.2, 0) is 12.1 Å². The number of nitrogens with zero attached hydrogens (tertiary/aromatic N) is 3. The lowest BCUT2D eigenvalue weighted by atomic mass is 9.94. The summed E-state index contributed by atoms with van der Waals surface area (Å²) in [6, 6.07) is 16.3. The van der Waals surface area contributed by atoms with Crippen molar-refractivity contribution in [3.05, 3.63) is 76.3 Å². The van der Waals surface area contributed by atoms with Crippen LogP contribution in [0.4, 0.5) is 5.13 Å². The topological polar surface area (TPSA) is 66.3 Å². The predicted molar refractivity (Wildman–Crippen MR) is 92.0 cm³/mol. The Labute approximate surface area is 143 Å². The summed E-state index contributed by atoms with van der Waals surface area (Å²) in [4.78, 5) is 14.3. The summed E-state index contributed by atoms with van der Waals surface area (Å²) >= 11 is 1.32. The monoisotopic (exact) mass is 337 g/mol. The Morgan fingerprint density at radius 2 is 1.79 bits per heavy atom. The van der Waals surface area contributed by atoms with Gasteiger partial charge < -0.3 is 5.11 Å². The third kappa shape index (κ3) is 2.00. The summed E-state index contributed by atoms with van der Waals surface area (Å²) in [7, 11) is 0. The molecule has 1 aromatic heterocycles. The van der Waals surface area contributed by atoms with E-state index >= 15 is 0 Å². The predicted octanol–water partition coefficient (Wildman–Crippen LogP) is 2.95. The molecule has 0 unspecified atom stereocenters. The van der Waals surface area contributed by atoms with Gasteiger partial charge in [0.15, 0.2) is 0 Å². The average molecular weight is 337 g/mol.